The van der Waals surface area contributed by atoms with Crippen LogP contribution < -0.4 is 4.74 Å². The van der Waals surface area contributed by atoms with Crippen molar-refractivity contribution in [2.45, 2.75) is 10.1 Å². The fourth-order valence-electron chi connectivity index (χ4n) is 1.29. The van der Waals surface area contributed by atoms with E-state index in [4.69, 9.17) is 16.3 Å². The largest absolute Gasteiger partial charge is 0.439 e. The SMILES string of the molecule is CSc1ccc(Oc2cc(Cl)nc(SC)n2)cc1. The smallest absolute Gasteiger partial charge is 0.224 e. The first-order valence-corrected chi connectivity index (χ1v) is 7.94. The third-order valence-corrected chi connectivity index (χ3v) is 3.60. The van der Waals surface area contributed by atoms with Crippen molar-refractivity contribution >= 4 is 35.1 Å². The van der Waals surface area contributed by atoms with Gasteiger partial charge in [-0.2, -0.15) is 4.98 Å². The van der Waals surface area contributed by atoms with Gasteiger partial charge in [-0.1, -0.05) is 23.4 Å². The average molecular weight is 299 g/mol. The van der Waals surface area contributed by atoms with E-state index in [1.54, 1.807) is 17.8 Å². The molecule has 0 fully saturated rings. The molecule has 0 saturated carbocycles. The second-order valence-corrected chi connectivity index (χ2v) is 5.33. The van der Waals surface area contributed by atoms with Gasteiger partial charge in [-0.25, -0.2) is 4.98 Å². The van der Waals surface area contributed by atoms with Gasteiger partial charge in [0.2, 0.25) is 5.88 Å². The van der Waals surface area contributed by atoms with Crippen LogP contribution in [-0.2, 0) is 0 Å². The molecule has 94 valence electrons. The van der Waals surface area contributed by atoms with Gasteiger partial charge >= 0.3 is 0 Å². The number of hydrogen-bond donors (Lipinski definition) is 0. The van der Waals surface area contributed by atoms with Gasteiger partial charge < -0.3 is 4.74 Å². The highest BCUT2D eigenvalue weighted by Gasteiger charge is 2.04. The minimum absolute atomic E-state index is 0.380. The van der Waals surface area contributed by atoms with E-state index in [-0.39, 0.29) is 0 Å². The van der Waals surface area contributed by atoms with E-state index in [1.807, 2.05) is 36.8 Å². The van der Waals surface area contributed by atoms with Crippen molar-refractivity contribution in [3.05, 3.63) is 35.5 Å². The van der Waals surface area contributed by atoms with Crippen LogP contribution in [0.3, 0.4) is 0 Å². The first-order valence-electron chi connectivity index (χ1n) is 5.12. The molecule has 0 bridgehead atoms. The molecule has 0 aliphatic carbocycles. The molecule has 3 nitrogen and oxygen atoms in total. The highest BCUT2D eigenvalue weighted by atomic mass is 35.5. The van der Waals surface area contributed by atoms with Crippen LogP contribution in [0.25, 0.3) is 0 Å². The van der Waals surface area contributed by atoms with Crippen LogP contribution in [0, 0.1) is 0 Å². The van der Waals surface area contributed by atoms with Crippen LogP contribution >= 0.6 is 35.1 Å². The predicted octanol–water partition coefficient (Wildman–Crippen LogP) is 4.37. The van der Waals surface area contributed by atoms with E-state index < -0.39 is 0 Å². The van der Waals surface area contributed by atoms with Crippen LogP contribution in [-0.4, -0.2) is 22.5 Å². The van der Waals surface area contributed by atoms with Gasteiger partial charge in [-0.3, -0.25) is 0 Å². The van der Waals surface area contributed by atoms with Crippen LogP contribution in [0.4, 0.5) is 0 Å². The first kappa shape index (κ1) is 13.5. The van der Waals surface area contributed by atoms with E-state index in [0.29, 0.717) is 16.2 Å². The van der Waals surface area contributed by atoms with Gasteiger partial charge in [0.1, 0.15) is 10.9 Å². The molecule has 6 heteroatoms. The second-order valence-electron chi connectivity index (χ2n) is 3.29. The van der Waals surface area contributed by atoms with Crippen molar-refractivity contribution in [3.63, 3.8) is 0 Å². The number of rotatable bonds is 4. The lowest BCUT2D eigenvalue weighted by molar-refractivity contribution is 0.455. The minimum Gasteiger partial charge on any atom is -0.439 e. The Morgan fingerprint density at radius 2 is 1.78 bits per heavy atom. The van der Waals surface area contributed by atoms with Crippen molar-refractivity contribution in [3.8, 4) is 11.6 Å². The molecule has 0 aliphatic rings. The summed E-state index contributed by atoms with van der Waals surface area (Å²) in [6, 6.07) is 9.40. The zero-order valence-corrected chi connectivity index (χ0v) is 12.3. The van der Waals surface area contributed by atoms with Crippen LogP contribution in [0.5, 0.6) is 11.6 Å². The Balaban J connectivity index is 2.19. The molecule has 18 heavy (non-hydrogen) atoms. The Kier molecular flexibility index (Phi) is 4.74. The predicted molar refractivity (Wildman–Crippen MR) is 77.1 cm³/mol. The summed E-state index contributed by atoms with van der Waals surface area (Å²) < 4.78 is 5.64. The Morgan fingerprint density at radius 3 is 2.39 bits per heavy atom. The summed E-state index contributed by atoms with van der Waals surface area (Å²) in [6.07, 6.45) is 3.92. The number of aromatic nitrogens is 2. The molecule has 2 rings (SSSR count). The van der Waals surface area contributed by atoms with Gasteiger partial charge in [-0.15, -0.1) is 11.8 Å². The van der Waals surface area contributed by atoms with Gasteiger partial charge in [0.25, 0.3) is 0 Å². The molecule has 1 heterocycles. The lowest BCUT2D eigenvalue weighted by Gasteiger charge is -2.06. The normalized spacial score (nSPS) is 10.4. The monoisotopic (exact) mass is 298 g/mol. The summed E-state index contributed by atoms with van der Waals surface area (Å²) in [4.78, 5) is 9.47. The maximum Gasteiger partial charge on any atom is 0.224 e. The van der Waals surface area contributed by atoms with Crippen molar-refractivity contribution in [1.82, 2.24) is 9.97 Å². The number of thioether (sulfide) groups is 2. The molecule has 0 unspecified atom stereocenters. The highest BCUT2D eigenvalue weighted by molar-refractivity contribution is 7.98. The van der Waals surface area contributed by atoms with Gasteiger partial charge in [0.05, 0.1) is 0 Å². The second kappa shape index (κ2) is 6.31. The molecule has 0 saturated heterocycles. The molecule has 0 radical (unpaired) electrons. The van der Waals surface area contributed by atoms with E-state index in [1.165, 1.54) is 16.7 Å². The molecule has 0 N–H and O–H groups in total. The minimum atomic E-state index is 0.380. The first-order chi connectivity index (χ1) is 8.71. The molecule has 0 amide bonds. The zero-order valence-electron chi connectivity index (χ0n) is 9.88. The summed E-state index contributed by atoms with van der Waals surface area (Å²) in [5, 5.41) is 0.975. The van der Waals surface area contributed by atoms with Crippen LogP contribution in [0.15, 0.2) is 40.4 Å². The van der Waals surface area contributed by atoms with Crippen molar-refractivity contribution in [2.75, 3.05) is 12.5 Å². The highest BCUT2D eigenvalue weighted by Crippen LogP contribution is 2.25. The van der Waals surface area contributed by atoms with Crippen LogP contribution in [0.2, 0.25) is 5.15 Å². The van der Waals surface area contributed by atoms with Crippen molar-refractivity contribution in [1.29, 1.82) is 0 Å². The summed E-state index contributed by atoms with van der Waals surface area (Å²) in [5.41, 5.74) is 0. The molecule has 0 atom stereocenters. The maximum atomic E-state index is 5.89. The Labute approximate surface area is 119 Å². The third-order valence-electron chi connectivity index (χ3n) is 2.12. The van der Waals surface area contributed by atoms with Crippen LogP contribution in [0.1, 0.15) is 0 Å². The van der Waals surface area contributed by atoms with E-state index in [2.05, 4.69) is 9.97 Å². The third kappa shape index (κ3) is 3.54. The summed E-state index contributed by atoms with van der Waals surface area (Å²) in [6.45, 7) is 0. The van der Waals surface area contributed by atoms with Gasteiger partial charge in [0.15, 0.2) is 5.16 Å². The lowest BCUT2D eigenvalue weighted by Crippen LogP contribution is -1.92. The molecule has 2 aromatic rings. The standard InChI is InChI=1S/C12H11ClN2OS2/c1-17-9-5-3-8(4-6-9)16-11-7-10(13)14-12(15-11)18-2/h3-7H,1-2H3. The fourth-order valence-corrected chi connectivity index (χ4v) is 2.29. The Morgan fingerprint density at radius 1 is 1.06 bits per heavy atom. The molecule has 1 aromatic heterocycles. The Bertz CT molecular complexity index is 534. The molecule has 0 aliphatic heterocycles. The number of nitrogens with zero attached hydrogens (tertiary/aromatic N) is 2. The molecule has 1 aromatic carbocycles. The lowest BCUT2D eigenvalue weighted by atomic mass is 10.3. The summed E-state index contributed by atoms with van der Waals surface area (Å²) >= 11 is 9.01. The number of benzene rings is 1. The number of hydrogen-bond acceptors (Lipinski definition) is 5. The number of halogens is 1. The maximum absolute atomic E-state index is 5.89. The topological polar surface area (TPSA) is 35.0 Å². The fraction of sp³-hybridized carbons (Fsp3) is 0.167. The van der Waals surface area contributed by atoms with Crippen molar-refractivity contribution < 1.29 is 4.74 Å². The zero-order chi connectivity index (χ0) is 13.0. The quantitative estimate of drug-likeness (QED) is 0.476. The van der Waals surface area contributed by atoms with Crippen molar-refractivity contribution in [2.24, 2.45) is 0 Å². The van der Waals surface area contributed by atoms with Gasteiger partial charge in [-0.05, 0) is 36.8 Å². The van der Waals surface area contributed by atoms with Gasteiger partial charge in [0, 0.05) is 11.0 Å². The average Bonchev–Trinajstić information content (AvgIpc) is 2.39. The summed E-state index contributed by atoms with van der Waals surface area (Å²) in [7, 11) is 0. The van der Waals surface area contributed by atoms with E-state index in [0.717, 1.165) is 5.75 Å². The molecule has 0 spiro atoms. The van der Waals surface area contributed by atoms with E-state index >= 15 is 0 Å². The summed E-state index contributed by atoms with van der Waals surface area (Å²) in [5.74, 6) is 1.19. The molecular formula is C12H11ClN2OS2. The number of ether oxygens (including phenoxy) is 1. The Hall–Kier alpha value is -0.910. The van der Waals surface area contributed by atoms with E-state index in [9.17, 15) is 0 Å². The molecular weight excluding hydrogens is 288 g/mol.